The molecule has 0 bridgehead atoms. The van der Waals surface area contributed by atoms with Crippen molar-refractivity contribution in [2.24, 2.45) is 4.99 Å². The number of rotatable bonds is 2. The predicted molar refractivity (Wildman–Crippen MR) is 89.5 cm³/mol. The minimum absolute atomic E-state index is 0.291. The quantitative estimate of drug-likeness (QED) is 0.651. The molecule has 0 aliphatic rings. The molecule has 3 rings (SSSR count). The molecule has 0 N–H and O–H groups in total. The first-order valence-corrected chi connectivity index (χ1v) is 8.33. The van der Waals surface area contributed by atoms with Crippen LogP contribution in [0.3, 0.4) is 0 Å². The molecule has 3 nitrogen and oxygen atoms in total. The standard InChI is InChI=1S/C16H12BrFN2OS/c1-2-20-13-8-7-10(18)9-14(13)22-16(20)19-15(21)11-5-3-4-6-12(11)17/h3-9H,2H2,1H3. The highest BCUT2D eigenvalue weighted by atomic mass is 79.9. The molecule has 2 aromatic carbocycles. The number of benzene rings is 2. The van der Waals surface area contributed by atoms with Crippen molar-refractivity contribution in [3.63, 3.8) is 0 Å². The summed E-state index contributed by atoms with van der Waals surface area (Å²) in [6.07, 6.45) is 0. The molecule has 0 spiro atoms. The van der Waals surface area contributed by atoms with Gasteiger partial charge in [0.1, 0.15) is 5.82 Å². The second-order valence-corrected chi connectivity index (χ2v) is 6.50. The van der Waals surface area contributed by atoms with Crippen molar-refractivity contribution in [3.8, 4) is 0 Å². The number of aryl methyl sites for hydroxylation is 1. The largest absolute Gasteiger partial charge is 0.317 e. The fourth-order valence-corrected chi connectivity index (χ4v) is 3.79. The van der Waals surface area contributed by atoms with E-state index in [1.807, 2.05) is 17.6 Å². The van der Waals surface area contributed by atoms with Crippen molar-refractivity contribution < 1.29 is 9.18 Å². The van der Waals surface area contributed by atoms with E-state index in [1.54, 1.807) is 24.3 Å². The van der Waals surface area contributed by atoms with Gasteiger partial charge in [-0.3, -0.25) is 4.79 Å². The van der Waals surface area contributed by atoms with Crippen molar-refractivity contribution in [1.82, 2.24) is 4.57 Å². The molecule has 0 saturated heterocycles. The minimum Gasteiger partial charge on any atom is -0.317 e. The molecule has 6 heteroatoms. The maximum Gasteiger partial charge on any atom is 0.280 e. The van der Waals surface area contributed by atoms with Crippen LogP contribution >= 0.6 is 27.3 Å². The lowest BCUT2D eigenvalue weighted by Gasteiger charge is -2.01. The van der Waals surface area contributed by atoms with Crippen LogP contribution in [0.1, 0.15) is 17.3 Å². The van der Waals surface area contributed by atoms with Crippen molar-refractivity contribution in [2.75, 3.05) is 0 Å². The number of amides is 1. The van der Waals surface area contributed by atoms with Gasteiger partial charge in [-0.25, -0.2) is 4.39 Å². The fraction of sp³-hybridized carbons (Fsp3) is 0.125. The smallest absolute Gasteiger partial charge is 0.280 e. The average Bonchev–Trinajstić information content (AvgIpc) is 2.83. The van der Waals surface area contributed by atoms with Crippen molar-refractivity contribution in [1.29, 1.82) is 0 Å². The Labute approximate surface area is 138 Å². The molecule has 0 atom stereocenters. The van der Waals surface area contributed by atoms with E-state index in [9.17, 15) is 9.18 Å². The van der Waals surface area contributed by atoms with Crippen LogP contribution in [0.25, 0.3) is 10.2 Å². The van der Waals surface area contributed by atoms with Crippen LogP contribution in [-0.2, 0) is 6.54 Å². The summed E-state index contributed by atoms with van der Waals surface area (Å²) in [5, 5.41) is 0. The van der Waals surface area contributed by atoms with E-state index in [2.05, 4.69) is 20.9 Å². The summed E-state index contributed by atoms with van der Waals surface area (Å²) in [4.78, 5) is 17.2. The third-order valence-electron chi connectivity index (χ3n) is 3.26. The summed E-state index contributed by atoms with van der Waals surface area (Å²) in [7, 11) is 0. The molecule has 0 aliphatic carbocycles. The van der Waals surface area contributed by atoms with Crippen LogP contribution in [0.15, 0.2) is 51.9 Å². The summed E-state index contributed by atoms with van der Waals surface area (Å²) in [5.74, 6) is -0.609. The van der Waals surface area contributed by atoms with E-state index in [-0.39, 0.29) is 11.7 Å². The highest BCUT2D eigenvalue weighted by molar-refractivity contribution is 9.10. The summed E-state index contributed by atoms with van der Waals surface area (Å²) in [5.41, 5.74) is 1.39. The van der Waals surface area contributed by atoms with Gasteiger partial charge in [-0.2, -0.15) is 4.99 Å². The molecule has 0 unspecified atom stereocenters. The first kappa shape index (κ1) is 15.1. The zero-order chi connectivity index (χ0) is 15.7. The highest BCUT2D eigenvalue weighted by Gasteiger charge is 2.11. The predicted octanol–water partition coefficient (Wildman–Crippen LogP) is 4.37. The number of carbonyl (C=O) groups excluding carboxylic acids is 1. The van der Waals surface area contributed by atoms with Crippen molar-refractivity contribution in [3.05, 3.63) is 63.1 Å². The van der Waals surface area contributed by atoms with Crippen LogP contribution in [0.4, 0.5) is 4.39 Å². The molecule has 0 radical (unpaired) electrons. The third-order valence-corrected chi connectivity index (χ3v) is 5.00. The lowest BCUT2D eigenvalue weighted by molar-refractivity contribution is 0.0997. The molecule has 112 valence electrons. The van der Waals surface area contributed by atoms with Gasteiger partial charge in [-0.1, -0.05) is 23.5 Å². The van der Waals surface area contributed by atoms with Crippen LogP contribution in [0.2, 0.25) is 0 Å². The molecule has 1 amide bonds. The van der Waals surface area contributed by atoms with Crippen LogP contribution in [-0.4, -0.2) is 10.5 Å². The van der Waals surface area contributed by atoms with E-state index in [0.717, 1.165) is 10.2 Å². The van der Waals surface area contributed by atoms with Gasteiger partial charge in [0.15, 0.2) is 4.80 Å². The monoisotopic (exact) mass is 378 g/mol. The molecule has 0 aliphatic heterocycles. The summed E-state index contributed by atoms with van der Waals surface area (Å²) >= 11 is 4.67. The number of nitrogens with zero attached hydrogens (tertiary/aromatic N) is 2. The maximum absolute atomic E-state index is 13.4. The number of hydrogen-bond donors (Lipinski definition) is 0. The molecular weight excluding hydrogens is 367 g/mol. The molecule has 1 heterocycles. The van der Waals surface area contributed by atoms with Crippen molar-refractivity contribution in [2.45, 2.75) is 13.5 Å². The van der Waals surface area contributed by atoms with Crippen molar-refractivity contribution >= 4 is 43.4 Å². The van der Waals surface area contributed by atoms with Gasteiger partial charge in [0.05, 0.1) is 15.8 Å². The number of halogens is 2. The second kappa shape index (κ2) is 6.14. The van der Waals surface area contributed by atoms with Gasteiger partial charge >= 0.3 is 0 Å². The molecule has 0 fully saturated rings. The van der Waals surface area contributed by atoms with Crippen LogP contribution in [0.5, 0.6) is 0 Å². The van der Waals surface area contributed by atoms with Gasteiger partial charge in [0, 0.05) is 11.0 Å². The zero-order valence-corrected chi connectivity index (χ0v) is 14.1. The van der Waals surface area contributed by atoms with Gasteiger partial charge < -0.3 is 4.57 Å². The summed E-state index contributed by atoms with van der Waals surface area (Å²) in [6, 6.07) is 11.8. The van der Waals surface area contributed by atoms with Gasteiger partial charge in [-0.05, 0) is 53.2 Å². The molecule has 0 saturated carbocycles. The minimum atomic E-state index is -0.318. The number of aromatic nitrogens is 1. The Morgan fingerprint density at radius 2 is 2.09 bits per heavy atom. The number of hydrogen-bond acceptors (Lipinski definition) is 2. The topological polar surface area (TPSA) is 34.4 Å². The van der Waals surface area contributed by atoms with E-state index in [4.69, 9.17) is 0 Å². The molecule has 3 aromatic rings. The number of carbonyl (C=O) groups is 1. The number of thiazole rings is 1. The fourth-order valence-electron chi connectivity index (χ4n) is 2.22. The molecular formula is C16H12BrFN2OS. The first-order valence-electron chi connectivity index (χ1n) is 6.72. The Morgan fingerprint density at radius 1 is 1.32 bits per heavy atom. The van der Waals surface area contributed by atoms with E-state index in [1.165, 1.54) is 23.5 Å². The Kier molecular flexibility index (Phi) is 4.22. The van der Waals surface area contributed by atoms with Gasteiger partial charge in [0.25, 0.3) is 5.91 Å². The van der Waals surface area contributed by atoms with E-state index in [0.29, 0.717) is 21.4 Å². The highest BCUT2D eigenvalue weighted by Crippen LogP contribution is 2.20. The summed E-state index contributed by atoms with van der Waals surface area (Å²) in [6.45, 7) is 2.63. The normalized spacial score (nSPS) is 12.0. The SMILES string of the molecule is CCn1c(=NC(=O)c2ccccc2Br)sc2cc(F)ccc21. The zero-order valence-electron chi connectivity index (χ0n) is 11.7. The molecule has 22 heavy (non-hydrogen) atoms. The lowest BCUT2D eigenvalue weighted by Crippen LogP contribution is -2.16. The third kappa shape index (κ3) is 2.76. The van der Waals surface area contributed by atoms with E-state index < -0.39 is 0 Å². The second-order valence-electron chi connectivity index (χ2n) is 4.64. The first-order chi connectivity index (χ1) is 10.6. The summed E-state index contributed by atoms with van der Waals surface area (Å²) < 4.78 is 16.8. The average molecular weight is 379 g/mol. The maximum atomic E-state index is 13.4. The Morgan fingerprint density at radius 3 is 2.82 bits per heavy atom. The van der Waals surface area contributed by atoms with Gasteiger partial charge in [0.2, 0.25) is 0 Å². The Hall–Kier alpha value is -1.79. The Balaban J connectivity index is 2.17. The van der Waals surface area contributed by atoms with E-state index >= 15 is 0 Å². The van der Waals surface area contributed by atoms with Crippen LogP contribution in [0, 0.1) is 5.82 Å². The Bertz CT molecular complexity index is 929. The van der Waals surface area contributed by atoms with Gasteiger partial charge in [-0.15, -0.1) is 0 Å². The number of fused-ring (bicyclic) bond motifs is 1. The molecule has 1 aromatic heterocycles. The lowest BCUT2D eigenvalue weighted by atomic mass is 10.2. The van der Waals surface area contributed by atoms with Crippen LogP contribution < -0.4 is 4.80 Å².